The number of benzene rings is 1. The second kappa shape index (κ2) is 13.2. The summed E-state index contributed by atoms with van der Waals surface area (Å²) in [5.41, 5.74) is 1.38. The van der Waals surface area contributed by atoms with Crippen LogP contribution in [-0.4, -0.2) is 56.8 Å². The highest BCUT2D eigenvalue weighted by Crippen LogP contribution is 2.26. The summed E-state index contributed by atoms with van der Waals surface area (Å²) in [6.07, 6.45) is 2.44. The minimum atomic E-state index is 0. The lowest BCUT2D eigenvalue weighted by molar-refractivity contribution is -0.0334. The Morgan fingerprint density at radius 2 is 2.07 bits per heavy atom. The number of nitrogens with zero attached hydrogens (tertiary/aromatic N) is 2. The Kier molecular flexibility index (Phi) is 11.0. The summed E-state index contributed by atoms with van der Waals surface area (Å²) in [4.78, 5) is 8.31. The van der Waals surface area contributed by atoms with Gasteiger partial charge in [0, 0.05) is 38.1 Å². The van der Waals surface area contributed by atoms with Crippen molar-refractivity contribution in [3.05, 3.63) is 58.3 Å². The fourth-order valence-corrected chi connectivity index (χ4v) is 4.44. The van der Waals surface area contributed by atoms with Gasteiger partial charge in [0.15, 0.2) is 5.96 Å². The van der Waals surface area contributed by atoms with Gasteiger partial charge in [-0.3, -0.25) is 9.89 Å². The molecular weight excluding hydrogens is 495 g/mol. The Morgan fingerprint density at radius 3 is 2.76 bits per heavy atom. The molecule has 0 spiro atoms. The lowest BCUT2D eigenvalue weighted by Gasteiger charge is -2.37. The fourth-order valence-electron chi connectivity index (χ4n) is 3.58. The first-order chi connectivity index (χ1) is 13.8. The Morgan fingerprint density at radius 1 is 1.24 bits per heavy atom. The van der Waals surface area contributed by atoms with Crippen LogP contribution in [0.5, 0.6) is 0 Å². The Labute approximate surface area is 196 Å². The van der Waals surface area contributed by atoms with Gasteiger partial charge >= 0.3 is 0 Å². The van der Waals surface area contributed by atoms with E-state index in [1.807, 2.05) is 18.4 Å². The molecule has 1 aromatic heterocycles. The van der Waals surface area contributed by atoms with Crippen molar-refractivity contribution >= 4 is 41.3 Å². The number of morpholine rings is 1. The molecule has 0 amide bonds. The van der Waals surface area contributed by atoms with Crippen molar-refractivity contribution in [2.75, 3.05) is 39.8 Å². The van der Waals surface area contributed by atoms with E-state index in [2.05, 4.69) is 75.3 Å². The summed E-state index contributed by atoms with van der Waals surface area (Å²) in [5.74, 6) is 0.871. The standard InChI is InChI=1S/C22H32N4OS.HI/c1-18-17-26(13-14-27-18)20(21-11-7-15-28-21)16-25-22(23-2)24-12-6-10-19-8-4-3-5-9-19;/h3-5,7-9,11,15,18,20H,6,10,12-14,16-17H2,1-2H3,(H2,23,24,25);1H. The first-order valence-electron chi connectivity index (χ1n) is 10.1. The maximum absolute atomic E-state index is 5.73. The Bertz CT molecular complexity index is 711. The van der Waals surface area contributed by atoms with Crippen LogP contribution in [-0.2, 0) is 11.2 Å². The molecule has 0 aliphatic carbocycles. The molecule has 1 aromatic carbocycles. The summed E-state index contributed by atoms with van der Waals surface area (Å²) < 4.78 is 5.73. The normalized spacial score (nSPS) is 18.7. The number of thiophene rings is 1. The van der Waals surface area contributed by atoms with Crippen molar-refractivity contribution < 1.29 is 4.74 Å². The van der Waals surface area contributed by atoms with Gasteiger partial charge in [0.25, 0.3) is 0 Å². The van der Waals surface area contributed by atoms with Gasteiger partial charge in [-0.05, 0) is 36.8 Å². The third-order valence-electron chi connectivity index (χ3n) is 5.05. The van der Waals surface area contributed by atoms with E-state index >= 15 is 0 Å². The molecule has 29 heavy (non-hydrogen) atoms. The molecule has 0 radical (unpaired) electrons. The van der Waals surface area contributed by atoms with Gasteiger partial charge < -0.3 is 15.4 Å². The number of aliphatic imine (C=N–C) groups is 1. The Balaban J connectivity index is 0.00000300. The molecule has 160 valence electrons. The first-order valence-corrected chi connectivity index (χ1v) is 11.0. The minimum Gasteiger partial charge on any atom is -0.376 e. The SMILES string of the molecule is CN=C(NCCCc1ccccc1)NCC(c1cccs1)N1CCOC(C)C1.I. The van der Waals surface area contributed by atoms with E-state index in [0.29, 0.717) is 6.04 Å². The maximum Gasteiger partial charge on any atom is 0.191 e. The number of rotatable bonds is 8. The molecule has 2 heterocycles. The molecule has 1 fully saturated rings. The summed E-state index contributed by atoms with van der Waals surface area (Å²) in [7, 11) is 1.84. The van der Waals surface area contributed by atoms with E-state index in [1.54, 1.807) is 0 Å². The van der Waals surface area contributed by atoms with Gasteiger partial charge in [-0.2, -0.15) is 0 Å². The lowest BCUT2D eigenvalue weighted by Crippen LogP contribution is -2.48. The molecule has 0 bridgehead atoms. The molecule has 1 saturated heterocycles. The maximum atomic E-state index is 5.73. The van der Waals surface area contributed by atoms with Crippen LogP contribution in [0.1, 0.15) is 29.8 Å². The number of hydrogen-bond acceptors (Lipinski definition) is 4. The monoisotopic (exact) mass is 528 g/mol. The number of hydrogen-bond donors (Lipinski definition) is 2. The highest BCUT2D eigenvalue weighted by molar-refractivity contribution is 14.0. The van der Waals surface area contributed by atoms with Crippen LogP contribution < -0.4 is 10.6 Å². The molecule has 7 heteroatoms. The van der Waals surface area contributed by atoms with Crippen LogP contribution in [0.15, 0.2) is 52.8 Å². The van der Waals surface area contributed by atoms with Crippen LogP contribution in [0.25, 0.3) is 0 Å². The molecule has 0 saturated carbocycles. The zero-order chi connectivity index (χ0) is 19.6. The predicted molar refractivity (Wildman–Crippen MR) is 134 cm³/mol. The first kappa shape index (κ1) is 24.1. The smallest absolute Gasteiger partial charge is 0.191 e. The number of nitrogens with one attached hydrogen (secondary N) is 2. The summed E-state index contributed by atoms with van der Waals surface area (Å²) in [6, 6.07) is 15.3. The van der Waals surface area contributed by atoms with Gasteiger partial charge in [-0.25, -0.2) is 0 Å². The average molecular weight is 529 g/mol. The van der Waals surface area contributed by atoms with Crippen LogP contribution >= 0.6 is 35.3 Å². The molecule has 2 unspecified atom stereocenters. The largest absolute Gasteiger partial charge is 0.376 e. The summed E-state index contributed by atoms with van der Waals surface area (Å²) in [6.45, 7) is 6.64. The summed E-state index contributed by atoms with van der Waals surface area (Å²) in [5, 5.41) is 9.14. The van der Waals surface area contributed by atoms with E-state index in [4.69, 9.17) is 4.74 Å². The number of halogens is 1. The molecule has 1 aliphatic rings. The highest BCUT2D eigenvalue weighted by Gasteiger charge is 2.26. The van der Waals surface area contributed by atoms with Crippen LogP contribution in [0, 0.1) is 0 Å². The molecular formula is C22H33IN4OS. The quantitative estimate of drug-likeness (QED) is 0.236. The zero-order valence-corrected chi connectivity index (χ0v) is 20.5. The highest BCUT2D eigenvalue weighted by atomic mass is 127. The van der Waals surface area contributed by atoms with Crippen molar-refractivity contribution in [3.63, 3.8) is 0 Å². The van der Waals surface area contributed by atoms with E-state index in [9.17, 15) is 0 Å². The van der Waals surface area contributed by atoms with E-state index in [0.717, 1.165) is 51.6 Å². The topological polar surface area (TPSA) is 48.9 Å². The van der Waals surface area contributed by atoms with E-state index in [1.165, 1.54) is 10.4 Å². The second-order valence-corrected chi connectivity index (χ2v) is 8.16. The van der Waals surface area contributed by atoms with Gasteiger partial charge in [0.1, 0.15) is 0 Å². The number of aryl methyl sites for hydroxylation is 1. The minimum absolute atomic E-state index is 0. The van der Waals surface area contributed by atoms with Crippen molar-refractivity contribution in [1.82, 2.24) is 15.5 Å². The predicted octanol–water partition coefficient (Wildman–Crippen LogP) is 3.93. The average Bonchev–Trinajstić information content (AvgIpc) is 3.25. The van der Waals surface area contributed by atoms with Crippen molar-refractivity contribution in [2.45, 2.75) is 31.9 Å². The van der Waals surface area contributed by atoms with Gasteiger partial charge in [-0.15, -0.1) is 35.3 Å². The van der Waals surface area contributed by atoms with Crippen LogP contribution in [0.3, 0.4) is 0 Å². The lowest BCUT2D eigenvalue weighted by atomic mass is 10.1. The zero-order valence-electron chi connectivity index (χ0n) is 17.3. The molecule has 1 aliphatic heterocycles. The molecule has 2 N–H and O–H groups in total. The van der Waals surface area contributed by atoms with Gasteiger partial charge in [0.05, 0.1) is 18.8 Å². The third kappa shape index (κ3) is 7.88. The molecule has 2 aromatic rings. The number of ether oxygens (including phenoxy) is 1. The summed E-state index contributed by atoms with van der Waals surface area (Å²) >= 11 is 1.82. The van der Waals surface area contributed by atoms with Gasteiger partial charge in [0.2, 0.25) is 0 Å². The molecule has 2 atom stereocenters. The van der Waals surface area contributed by atoms with Crippen molar-refractivity contribution in [3.8, 4) is 0 Å². The molecule has 3 rings (SSSR count). The van der Waals surface area contributed by atoms with E-state index in [-0.39, 0.29) is 30.1 Å². The van der Waals surface area contributed by atoms with Crippen molar-refractivity contribution in [1.29, 1.82) is 0 Å². The van der Waals surface area contributed by atoms with Gasteiger partial charge in [-0.1, -0.05) is 36.4 Å². The van der Waals surface area contributed by atoms with E-state index < -0.39 is 0 Å². The number of guanidine groups is 1. The molecule has 5 nitrogen and oxygen atoms in total. The Hall–Kier alpha value is -1.16. The van der Waals surface area contributed by atoms with Crippen molar-refractivity contribution in [2.24, 2.45) is 4.99 Å². The third-order valence-corrected chi connectivity index (χ3v) is 6.02. The van der Waals surface area contributed by atoms with Crippen LogP contribution in [0.4, 0.5) is 0 Å². The van der Waals surface area contributed by atoms with Crippen LogP contribution in [0.2, 0.25) is 0 Å². The second-order valence-electron chi connectivity index (χ2n) is 7.18. The fraction of sp³-hybridized carbons (Fsp3) is 0.500.